The number of amides is 2. The molecule has 0 fully saturated rings. The zero-order chi connectivity index (χ0) is 22.5. The van der Waals surface area contributed by atoms with E-state index in [-0.39, 0.29) is 24.2 Å². The van der Waals surface area contributed by atoms with Crippen molar-refractivity contribution in [3.05, 3.63) is 99.5 Å². The Bertz CT molecular complexity index is 1320. The molecule has 0 saturated carbocycles. The van der Waals surface area contributed by atoms with Crippen LogP contribution in [-0.2, 0) is 11.3 Å². The lowest BCUT2D eigenvalue weighted by atomic mass is 10.2. The summed E-state index contributed by atoms with van der Waals surface area (Å²) in [5.74, 6) is -0.910. The summed E-state index contributed by atoms with van der Waals surface area (Å²) in [6.07, 6.45) is 3.36. The van der Waals surface area contributed by atoms with Crippen molar-refractivity contribution in [2.24, 2.45) is 5.10 Å². The summed E-state index contributed by atoms with van der Waals surface area (Å²) in [4.78, 5) is 24.8. The molecule has 0 saturated heterocycles. The minimum Gasteiger partial charge on any atom is -0.337 e. The summed E-state index contributed by atoms with van der Waals surface area (Å²) in [5, 5.41) is 7.74. The van der Waals surface area contributed by atoms with Crippen LogP contribution in [0.15, 0.2) is 84.1 Å². The highest BCUT2D eigenvalue weighted by Crippen LogP contribution is 2.20. The van der Waals surface area contributed by atoms with E-state index in [9.17, 15) is 14.0 Å². The number of fused-ring (bicyclic) bond motifs is 1. The smallest absolute Gasteiger partial charge is 0.271 e. The highest BCUT2D eigenvalue weighted by molar-refractivity contribution is 14.1. The van der Waals surface area contributed by atoms with Gasteiger partial charge < -0.3 is 9.88 Å². The van der Waals surface area contributed by atoms with Gasteiger partial charge in [0, 0.05) is 37.5 Å². The average molecular weight is 540 g/mol. The number of nitrogens with zero attached hydrogens (tertiary/aromatic N) is 2. The van der Waals surface area contributed by atoms with E-state index in [1.165, 1.54) is 24.3 Å². The molecule has 4 aromatic rings. The summed E-state index contributed by atoms with van der Waals surface area (Å²) in [7, 11) is 0. The molecule has 0 aliphatic carbocycles. The molecule has 32 heavy (non-hydrogen) atoms. The monoisotopic (exact) mass is 540 g/mol. The SMILES string of the molecule is O=C(Cn1cc(/C=N/NC(=O)c2cccc(I)c2)c2ccccc21)Nc1ccc(F)cc1. The third-order valence-electron chi connectivity index (χ3n) is 4.72. The minimum absolute atomic E-state index is 0.0700. The molecule has 1 aromatic heterocycles. The molecule has 0 atom stereocenters. The van der Waals surface area contributed by atoms with Gasteiger partial charge in [0.25, 0.3) is 5.91 Å². The van der Waals surface area contributed by atoms with E-state index in [1.807, 2.05) is 36.4 Å². The van der Waals surface area contributed by atoms with Gasteiger partial charge in [-0.1, -0.05) is 24.3 Å². The van der Waals surface area contributed by atoms with Gasteiger partial charge in [-0.25, -0.2) is 9.82 Å². The summed E-state index contributed by atoms with van der Waals surface area (Å²) in [6.45, 7) is 0.0700. The van der Waals surface area contributed by atoms with E-state index < -0.39 is 0 Å². The van der Waals surface area contributed by atoms with Crippen molar-refractivity contribution < 1.29 is 14.0 Å². The molecule has 0 spiro atoms. The quantitative estimate of drug-likeness (QED) is 0.210. The van der Waals surface area contributed by atoms with Gasteiger partial charge in [-0.2, -0.15) is 5.10 Å². The number of hydrogen-bond donors (Lipinski definition) is 2. The van der Waals surface area contributed by atoms with Crippen molar-refractivity contribution in [1.29, 1.82) is 0 Å². The van der Waals surface area contributed by atoms with Gasteiger partial charge in [0.2, 0.25) is 5.91 Å². The van der Waals surface area contributed by atoms with Crippen molar-refractivity contribution in [3.63, 3.8) is 0 Å². The fourth-order valence-electron chi connectivity index (χ4n) is 3.25. The van der Waals surface area contributed by atoms with E-state index in [0.717, 1.165) is 20.0 Å². The Labute approximate surface area is 197 Å². The Morgan fingerprint density at radius 2 is 1.81 bits per heavy atom. The van der Waals surface area contributed by atoms with Crippen molar-refractivity contribution >= 4 is 57.2 Å². The number of aromatic nitrogens is 1. The summed E-state index contributed by atoms with van der Waals surface area (Å²) < 4.78 is 15.8. The van der Waals surface area contributed by atoms with Crippen LogP contribution in [0.3, 0.4) is 0 Å². The summed E-state index contributed by atoms with van der Waals surface area (Å²) in [6, 6.07) is 20.4. The molecule has 6 nitrogen and oxygen atoms in total. The molecule has 0 unspecified atom stereocenters. The summed E-state index contributed by atoms with van der Waals surface area (Å²) >= 11 is 2.15. The van der Waals surface area contributed by atoms with Gasteiger partial charge in [0.05, 0.1) is 6.21 Å². The number of carbonyl (C=O) groups excluding carboxylic acids is 2. The molecule has 0 aliphatic rings. The number of rotatable bonds is 6. The fraction of sp³-hybridized carbons (Fsp3) is 0.0417. The number of hydrogen-bond acceptors (Lipinski definition) is 3. The van der Waals surface area contributed by atoms with Crippen molar-refractivity contribution in [3.8, 4) is 0 Å². The molecule has 2 amide bonds. The third kappa shape index (κ3) is 5.20. The van der Waals surface area contributed by atoms with Crippen LogP contribution < -0.4 is 10.7 Å². The van der Waals surface area contributed by atoms with E-state index in [2.05, 4.69) is 38.4 Å². The minimum atomic E-state index is -0.363. The lowest BCUT2D eigenvalue weighted by Crippen LogP contribution is -2.18. The van der Waals surface area contributed by atoms with Crippen LogP contribution in [0.1, 0.15) is 15.9 Å². The second-order valence-corrected chi connectivity index (χ2v) is 8.24. The zero-order valence-corrected chi connectivity index (χ0v) is 18.9. The standard InChI is InChI=1S/C24H18FIN4O2/c25-18-8-10-20(11-9-18)28-23(31)15-30-14-17(21-6-1-2-7-22(21)30)13-27-29-24(32)16-4-3-5-19(26)12-16/h1-14H,15H2,(H,28,31)(H,29,32)/b27-13+. The highest BCUT2D eigenvalue weighted by Gasteiger charge is 2.11. The Morgan fingerprint density at radius 3 is 2.59 bits per heavy atom. The molecule has 3 aromatic carbocycles. The third-order valence-corrected chi connectivity index (χ3v) is 5.39. The summed E-state index contributed by atoms with van der Waals surface area (Å²) in [5.41, 5.74) is 5.19. The fourth-order valence-corrected chi connectivity index (χ4v) is 3.80. The Kier molecular flexibility index (Phi) is 6.60. The zero-order valence-electron chi connectivity index (χ0n) is 16.8. The number of hydrazone groups is 1. The van der Waals surface area contributed by atoms with E-state index in [0.29, 0.717) is 11.3 Å². The van der Waals surface area contributed by atoms with Gasteiger partial charge in [0.15, 0.2) is 0 Å². The number of benzene rings is 3. The number of nitrogens with one attached hydrogen (secondary N) is 2. The average Bonchev–Trinajstić information content (AvgIpc) is 3.12. The van der Waals surface area contributed by atoms with Gasteiger partial charge in [-0.05, 0) is 71.1 Å². The van der Waals surface area contributed by atoms with Gasteiger partial charge in [-0.3, -0.25) is 9.59 Å². The molecular weight excluding hydrogens is 522 g/mol. The van der Waals surface area contributed by atoms with Crippen molar-refractivity contribution in [1.82, 2.24) is 9.99 Å². The predicted octanol–water partition coefficient (Wildman–Crippen LogP) is 4.79. The Balaban J connectivity index is 1.49. The first-order valence-corrected chi connectivity index (χ1v) is 10.8. The maximum absolute atomic E-state index is 13.1. The first kappa shape index (κ1) is 21.7. The second kappa shape index (κ2) is 9.73. The number of carbonyl (C=O) groups is 2. The number of para-hydroxylation sites is 1. The lowest BCUT2D eigenvalue weighted by Gasteiger charge is -2.07. The van der Waals surface area contributed by atoms with Gasteiger partial charge in [0.1, 0.15) is 12.4 Å². The Hall–Kier alpha value is -3.53. The molecule has 1 heterocycles. The molecule has 2 N–H and O–H groups in total. The topological polar surface area (TPSA) is 75.5 Å². The molecule has 4 rings (SSSR count). The van der Waals surface area contributed by atoms with Crippen LogP contribution in [0.4, 0.5) is 10.1 Å². The van der Waals surface area contributed by atoms with Crippen LogP contribution >= 0.6 is 22.6 Å². The van der Waals surface area contributed by atoms with Gasteiger partial charge >= 0.3 is 0 Å². The normalized spacial score (nSPS) is 11.1. The van der Waals surface area contributed by atoms with E-state index in [1.54, 1.807) is 29.1 Å². The van der Waals surface area contributed by atoms with Crippen LogP contribution in [0.5, 0.6) is 0 Å². The molecule has 160 valence electrons. The maximum atomic E-state index is 13.1. The molecular formula is C24H18FIN4O2. The molecule has 8 heteroatoms. The maximum Gasteiger partial charge on any atom is 0.271 e. The Morgan fingerprint density at radius 1 is 1.03 bits per heavy atom. The van der Waals surface area contributed by atoms with Crippen molar-refractivity contribution in [2.45, 2.75) is 6.54 Å². The molecule has 0 radical (unpaired) electrons. The number of halogens is 2. The first-order valence-electron chi connectivity index (χ1n) is 9.72. The van der Waals surface area contributed by atoms with Gasteiger partial charge in [-0.15, -0.1) is 0 Å². The second-order valence-electron chi connectivity index (χ2n) is 6.99. The van der Waals surface area contributed by atoms with Crippen LogP contribution in [0, 0.1) is 9.39 Å². The first-order chi connectivity index (χ1) is 15.5. The largest absolute Gasteiger partial charge is 0.337 e. The molecule has 0 bridgehead atoms. The van der Waals surface area contributed by atoms with Crippen LogP contribution in [0.25, 0.3) is 10.9 Å². The van der Waals surface area contributed by atoms with E-state index >= 15 is 0 Å². The van der Waals surface area contributed by atoms with Crippen LogP contribution in [-0.4, -0.2) is 22.6 Å². The lowest BCUT2D eigenvalue weighted by molar-refractivity contribution is -0.116. The highest BCUT2D eigenvalue weighted by atomic mass is 127. The molecule has 0 aliphatic heterocycles. The number of anilines is 1. The van der Waals surface area contributed by atoms with Crippen molar-refractivity contribution in [2.75, 3.05) is 5.32 Å². The van der Waals surface area contributed by atoms with Crippen LogP contribution in [0.2, 0.25) is 0 Å². The van der Waals surface area contributed by atoms with E-state index in [4.69, 9.17) is 0 Å². The predicted molar refractivity (Wildman–Crippen MR) is 131 cm³/mol.